The zero-order valence-corrected chi connectivity index (χ0v) is 16.2. The number of anilines is 3. The zero-order chi connectivity index (χ0) is 20.8. The minimum absolute atomic E-state index is 0.0805. The molecule has 0 unspecified atom stereocenters. The lowest BCUT2D eigenvalue weighted by molar-refractivity contribution is 0.100. The predicted molar refractivity (Wildman–Crippen MR) is 109 cm³/mol. The fourth-order valence-corrected chi connectivity index (χ4v) is 2.58. The highest BCUT2D eigenvalue weighted by Gasteiger charge is 2.12. The van der Waals surface area contributed by atoms with Crippen LogP contribution in [0.3, 0.4) is 0 Å². The number of ketones is 1. The summed E-state index contributed by atoms with van der Waals surface area (Å²) in [4.78, 5) is 32.5. The number of methoxy groups -OCH3 is 2. The van der Waals surface area contributed by atoms with Gasteiger partial charge in [-0.05, 0) is 37.3 Å². The smallest absolute Gasteiger partial charge is 0.274 e. The highest BCUT2D eigenvalue weighted by molar-refractivity contribution is 6.04. The number of aromatic nitrogens is 2. The molecule has 2 N–H and O–H groups in total. The van der Waals surface area contributed by atoms with Crippen LogP contribution in [0.1, 0.15) is 27.8 Å². The minimum atomic E-state index is -0.419. The SMILES string of the molecule is COc1ccc(Nc2nccc(C(=O)Nc3cccc(C(C)=O)c3)n2)c(OC)c1. The first-order chi connectivity index (χ1) is 14.0. The van der Waals surface area contributed by atoms with Crippen LogP contribution in [0.2, 0.25) is 0 Å². The van der Waals surface area contributed by atoms with E-state index < -0.39 is 5.91 Å². The molecule has 0 aliphatic carbocycles. The first-order valence-electron chi connectivity index (χ1n) is 8.74. The largest absolute Gasteiger partial charge is 0.497 e. The molecule has 3 aromatic rings. The van der Waals surface area contributed by atoms with Crippen molar-refractivity contribution in [3.63, 3.8) is 0 Å². The van der Waals surface area contributed by atoms with E-state index in [1.165, 1.54) is 19.2 Å². The summed E-state index contributed by atoms with van der Waals surface area (Å²) in [6, 6.07) is 13.5. The third-order valence-corrected chi connectivity index (χ3v) is 4.07. The van der Waals surface area contributed by atoms with Gasteiger partial charge >= 0.3 is 0 Å². The molecule has 29 heavy (non-hydrogen) atoms. The lowest BCUT2D eigenvalue weighted by Gasteiger charge is -2.12. The third kappa shape index (κ3) is 4.86. The van der Waals surface area contributed by atoms with E-state index in [-0.39, 0.29) is 17.4 Å². The average molecular weight is 392 g/mol. The molecule has 0 aliphatic rings. The first kappa shape index (κ1) is 19.8. The van der Waals surface area contributed by atoms with Crippen LogP contribution in [0.15, 0.2) is 54.7 Å². The second-order valence-corrected chi connectivity index (χ2v) is 6.05. The van der Waals surface area contributed by atoms with Gasteiger partial charge in [-0.3, -0.25) is 9.59 Å². The van der Waals surface area contributed by atoms with E-state index in [1.54, 1.807) is 56.7 Å². The van der Waals surface area contributed by atoms with Crippen LogP contribution in [0.4, 0.5) is 17.3 Å². The molecule has 1 amide bonds. The molecule has 1 aromatic heterocycles. The Kier molecular flexibility index (Phi) is 6.03. The number of nitrogens with one attached hydrogen (secondary N) is 2. The molecule has 0 spiro atoms. The van der Waals surface area contributed by atoms with Gasteiger partial charge in [0.15, 0.2) is 5.78 Å². The van der Waals surface area contributed by atoms with E-state index >= 15 is 0 Å². The molecule has 1 heterocycles. The van der Waals surface area contributed by atoms with E-state index in [0.717, 1.165) is 0 Å². The number of ether oxygens (including phenoxy) is 2. The number of amides is 1. The van der Waals surface area contributed by atoms with Gasteiger partial charge in [-0.1, -0.05) is 12.1 Å². The van der Waals surface area contributed by atoms with E-state index in [9.17, 15) is 9.59 Å². The number of carbonyl (C=O) groups is 2. The first-order valence-corrected chi connectivity index (χ1v) is 8.74. The summed E-state index contributed by atoms with van der Waals surface area (Å²) in [6.07, 6.45) is 1.48. The molecule has 8 heteroatoms. The van der Waals surface area contributed by atoms with Crippen LogP contribution in [-0.4, -0.2) is 35.9 Å². The Labute approximate surface area is 167 Å². The van der Waals surface area contributed by atoms with E-state index in [2.05, 4.69) is 20.6 Å². The van der Waals surface area contributed by atoms with Gasteiger partial charge < -0.3 is 20.1 Å². The summed E-state index contributed by atoms with van der Waals surface area (Å²) in [7, 11) is 3.11. The van der Waals surface area contributed by atoms with Gasteiger partial charge in [0.1, 0.15) is 17.2 Å². The Morgan fingerprint density at radius 3 is 2.55 bits per heavy atom. The Balaban J connectivity index is 1.78. The maximum absolute atomic E-state index is 12.6. The van der Waals surface area contributed by atoms with Crippen LogP contribution in [0, 0.1) is 0 Å². The maximum atomic E-state index is 12.6. The highest BCUT2D eigenvalue weighted by atomic mass is 16.5. The van der Waals surface area contributed by atoms with Crippen molar-refractivity contribution in [1.82, 2.24) is 9.97 Å². The molecule has 0 fully saturated rings. The van der Waals surface area contributed by atoms with Crippen molar-refractivity contribution in [2.24, 2.45) is 0 Å². The van der Waals surface area contributed by atoms with Crippen molar-refractivity contribution in [2.75, 3.05) is 24.9 Å². The van der Waals surface area contributed by atoms with E-state index in [0.29, 0.717) is 28.4 Å². The standard InChI is InChI=1S/C21H20N4O4/c1-13(26)14-5-4-6-15(11-14)23-20(27)18-9-10-22-21(25-18)24-17-8-7-16(28-2)12-19(17)29-3/h4-12H,1-3H3,(H,23,27)(H,22,24,25). The summed E-state index contributed by atoms with van der Waals surface area (Å²) < 4.78 is 10.5. The molecule has 148 valence electrons. The van der Waals surface area contributed by atoms with Crippen LogP contribution in [-0.2, 0) is 0 Å². The minimum Gasteiger partial charge on any atom is -0.497 e. The number of hydrogen-bond acceptors (Lipinski definition) is 7. The molecule has 0 radical (unpaired) electrons. The maximum Gasteiger partial charge on any atom is 0.274 e. The van der Waals surface area contributed by atoms with E-state index in [4.69, 9.17) is 9.47 Å². The fourth-order valence-electron chi connectivity index (χ4n) is 2.58. The fraction of sp³-hybridized carbons (Fsp3) is 0.143. The normalized spacial score (nSPS) is 10.2. The Hall–Kier alpha value is -3.94. The van der Waals surface area contributed by atoms with E-state index in [1.807, 2.05) is 0 Å². The number of benzene rings is 2. The number of nitrogens with zero attached hydrogens (tertiary/aromatic N) is 2. The van der Waals surface area contributed by atoms with Crippen molar-refractivity contribution < 1.29 is 19.1 Å². The number of hydrogen-bond donors (Lipinski definition) is 2. The van der Waals surface area contributed by atoms with Crippen LogP contribution < -0.4 is 20.1 Å². The van der Waals surface area contributed by atoms with Gasteiger partial charge in [-0.15, -0.1) is 0 Å². The molecule has 0 saturated carbocycles. The number of rotatable bonds is 7. The molecular weight excluding hydrogens is 372 g/mol. The van der Waals surface area contributed by atoms with Gasteiger partial charge in [0.05, 0.1) is 19.9 Å². The zero-order valence-electron chi connectivity index (χ0n) is 16.2. The average Bonchev–Trinajstić information content (AvgIpc) is 2.74. The third-order valence-electron chi connectivity index (χ3n) is 4.07. The van der Waals surface area contributed by atoms with Crippen molar-refractivity contribution in [2.45, 2.75) is 6.92 Å². The van der Waals surface area contributed by atoms with Crippen LogP contribution in [0.5, 0.6) is 11.5 Å². The quantitative estimate of drug-likeness (QED) is 0.591. The summed E-state index contributed by atoms with van der Waals surface area (Å²) in [5.41, 5.74) is 1.82. The van der Waals surface area contributed by atoms with Crippen molar-refractivity contribution in [1.29, 1.82) is 0 Å². The topological polar surface area (TPSA) is 102 Å². The molecular formula is C21H20N4O4. The van der Waals surface area contributed by atoms with Gasteiger partial charge in [0.2, 0.25) is 5.95 Å². The monoisotopic (exact) mass is 392 g/mol. The van der Waals surface area contributed by atoms with Crippen LogP contribution in [0.25, 0.3) is 0 Å². The predicted octanol–water partition coefficient (Wildman–Crippen LogP) is 3.69. The molecule has 0 bridgehead atoms. The molecule has 2 aromatic carbocycles. The Morgan fingerprint density at radius 1 is 1.00 bits per heavy atom. The molecule has 8 nitrogen and oxygen atoms in total. The summed E-state index contributed by atoms with van der Waals surface area (Å²) in [6.45, 7) is 1.47. The molecule has 0 aliphatic heterocycles. The number of Topliss-reactive ketones (excluding diaryl/α,β-unsaturated/α-hetero) is 1. The Bertz CT molecular complexity index is 1050. The Morgan fingerprint density at radius 2 is 1.83 bits per heavy atom. The highest BCUT2D eigenvalue weighted by Crippen LogP contribution is 2.30. The lowest BCUT2D eigenvalue weighted by Crippen LogP contribution is -2.15. The molecule has 0 atom stereocenters. The van der Waals surface area contributed by atoms with Crippen molar-refractivity contribution >= 4 is 29.0 Å². The molecule has 0 saturated heterocycles. The number of carbonyl (C=O) groups excluding carboxylic acids is 2. The summed E-state index contributed by atoms with van der Waals surface area (Å²) in [5, 5.41) is 5.76. The van der Waals surface area contributed by atoms with Crippen molar-refractivity contribution in [3.8, 4) is 11.5 Å². The van der Waals surface area contributed by atoms with Gasteiger partial charge in [0.25, 0.3) is 5.91 Å². The second kappa shape index (κ2) is 8.83. The van der Waals surface area contributed by atoms with Crippen molar-refractivity contribution in [3.05, 3.63) is 66.0 Å². The molecule has 3 rings (SSSR count). The van der Waals surface area contributed by atoms with Gasteiger partial charge in [-0.25, -0.2) is 9.97 Å². The van der Waals surface area contributed by atoms with Gasteiger partial charge in [-0.2, -0.15) is 0 Å². The summed E-state index contributed by atoms with van der Waals surface area (Å²) >= 11 is 0. The second-order valence-electron chi connectivity index (χ2n) is 6.05. The summed E-state index contributed by atoms with van der Waals surface area (Å²) in [5.74, 6) is 0.928. The van der Waals surface area contributed by atoms with Gasteiger partial charge in [0, 0.05) is 23.5 Å². The lowest BCUT2D eigenvalue weighted by atomic mass is 10.1. The van der Waals surface area contributed by atoms with Crippen LogP contribution >= 0.6 is 0 Å².